The zero-order valence-corrected chi connectivity index (χ0v) is 15.8. The van der Waals surface area contributed by atoms with E-state index < -0.39 is 23.0 Å². The van der Waals surface area contributed by atoms with E-state index >= 15 is 0 Å². The maximum absolute atomic E-state index is 12.6. The first-order valence-electron chi connectivity index (χ1n) is 7.95. The van der Waals surface area contributed by atoms with E-state index in [-0.39, 0.29) is 5.92 Å². The molecular weight excluding hydrogens is 356 g/mol. The summed E-state index contributed by atoms with van der Waals surface area (Å²) in [5.74, 6) is -1.16. The molecule has 0 aliphatic heterocycles. The van der Waals surface area contributed by atoms with Crippen molar-refractivity contribution in [2.75, 3.05) is 12.4 Å². The first kappa shape index (κ1) is 17.8. The molecule has 3 rings (SSSR count). The fourth-order valence-electron chi connectivity index (χ4n) is 2.68. The van der Waals surface area contributed by atoms with Gasteiger partial charge in [-0.05, 0) is 36.2 Å². The van der Waals surface area contributed by atoms with Crippen molar-refractivity contribution in [2.45, 2.75) is 24.8 Å². The van der Waals surface area contributed by atoms with Gasteiger partial charge in [0.15, 0.2) is 0 Å². The van der Waals surface area contributed by atoms with Crippen LogP contribution in [0.25, 0.3) is 20.2 Å². The highest BCUT2D eigenvalue weighted by Crippen LogP contribution is 2.36. The maximum atomic E-state index is 12.6. The first-order valence-corrected chi connectivity index (χ1v) is 9.92. The van der Waals surface area contributed by atoms with Crippen molar-refractivity contribution < 1.29 is 14.1 Å². The second-order valence-electron chi connectivity index (χ2n) is 6.17. The molecule has 1 aromatic heterocycles. The minimum atomic E-state index is -1.58. The Morgan fingerprint density at radius 3 is 2.52 bits per heavy atom. The van der Waals surface area contributed by atoms with Crippen LogP contribution in [0.5, 0.6) is 0 Å². The smallest absolute Gasteiger partial charge is 0.321 e. The second kappa shape index (κ2) is 7.11. The predicted molar refractivity (Wildman–Crippen MR) is 105 cm³/mol. The number of anilines is 1. The van der Waals surface area contributed by atoms with Gasteiger partial charge in [-0.25, -0.2) is 8.93 Å². The largest absolute Gasteiger partial charge is 0.480 e. The summed E-state index contributed by atoms with van der Waals surface area (Å²) >= 11 is 1.68. The summed E-state index contributed by atoms with van der Waals surface area (Å²) in [5, 5.41) is 14.5. The maximum Gasteiger partial charge on any atom is 0.321 e. The van der Waals surface area contributed by atoms with Gasteiger partial charge in [-0.2, -0.15) is 0 Å². The van der Waals surface area contributed by atoms with Crippen LogP contribution < -0.4 is 10.0 Å². The lowest BCUT2D eigenvalue weighted by Gasteiger charge is -2.17. The number of hydrogen-bond acceptors (Lipinski definition) is 4. The predicted octanol–water partition coefficient (Wildman–Crippen LogP) is 3.82. The third-order valence-corrected chi connectivity index (χ3v) is 6.40. The second-order valence-corrected chi connectivity index (χ2v) is 8.50. The third kappa shape index (κ3) is 3.53. The Labute approximate surface area is 152 Å². The molecule has 0 fully saturated rings. The summed E-state index contributed by atoms with van der Waals surface area (Å²) in [6.07, 6.45) is 0. The number of benzene rings is 2. The fraction of sp³-hybridized carbons (Fsp3) is 0.278. The Morgan fingerprint density at radius 1 is 1.12 bits per heavy atom. The molecule has 25 heavy (non-hydrogen) atoms. The Morgan fingerprint density at radius 2 is 1.88 bits per heavy atom. The zero-order chi connectivity index (χ0) is 18.1. The molecular formula is C18H20N2O3S2. The van der Waals surface area contributed by atoms with Gasteiger partial charge in [-0.15, -0.1) is 11.3 Å². The molecule has 3 N–H and O–H groups in total. The van der Waals surface area contributed by atoms with E-state index in [1.165, 1.54) is 0 Å². The van der Waals surface area contributed by atoms with Gasteiger partial charge < -0.3 is 10.4 Å². The summed E-state index contributed by atoms with van der Waals surface area (Å²) in [6, 6.07) is 10.9. The normalized spacial score (nSPS) is 14.1. The van der Waals surface area contributed by atoms with Crippen LogP contribution in [0.2, 0.25) is 0 Å². The number of hydrogen-bond donors (Lipinski definition) is 3. The van der Waals surface area contributed by atoms with Gasteiger partial charge in [0.25, 0.3) is 0 Å². The molecule has 132 valence electrons. The summed E-state index contributed by atoms with van der Waals surface area (Å²) in [4.78, 5) is 11.9. The van der Waals surface area contributed by atoms with Gasteiger partial charge >= 0.3 is 5.97 Å². The van der Waals surface area contributed by atoms with E-state index in [1.807, 2.05) is 31.3 Å². The Bertz CT molecular complexity index is 966. The van der Waals surface area contributed by atoms with Crippen LogP contribution in [-0.4, -0.2) is 28.4 Å². The number of carboxylic acid groups (broad SMARTS) is 1. The quantitative estimate of drug-likeness (QED) is 0.611. The van der Waals surface area contributed by atoms with E-state index in [0.717, 1.165) is 25.9 Å². The molecule has 1 heterocycles. The van der Waals surface area contributed by atoms with Crippen LogP contribution in [0.15, 0.2) is 41.3 Å². The van der Waals surface area contributed by atoms with Crippen molar-refractivity contribution >= 4 is 54.2 Å². The monoisotopic (exact) mass is 376 g/mol. The molecule has 2 atom stereocenters. The average Bonchev–Trinajstić information content (AvgIpc) is 2.95. The topological polar surface area (TPSA) is 78.4 Å². The Balaban J connectivity index is 1.98. The van der Waals surface area contributed by atoms with Crippen LogP contribution in [0.3, 0.4) is 0 Å². The van der Waals surface area contributed by atoms with Crippen molar-refractivity contribution in [2.24, 2.45) is 5.92 Å². The molecule has 2 unspecified atom stereocenters. The van der Waals surface area contributed by atoms with Crippen LogP contribution in [0.4, 0.5) is 5.69 Å². The highest BCUT2D eigenvalue weighted by atomic mass is 32.2. The SMILES string of the molecule is CNc1ccc2c(c1)sc1ccc(S(=O)NC(C(=O)O)C(C)C)cc12. The van der Waals surface area contributed by atoms with E-state index in [0.29, 0.717) is 4.90 Å². The number of rotatable bonds is 6. The van der Waals surface area contributed by atoms with Crippen molar-refractivity contribution in [3.8, 4) is 0 Å². The highest BCUT2D eigenvalue weighted by molar-refractivity contribution is 7.83. The molecule has 0 saturated heterocycles. The molecule has 3 aromatic rings. The minimum Gasteiger partial charge on any atom is -0.480 e. The lowest BCUT2D eigenvalue weighted by Crippen LogP contribution is -2.41. The number of thiophene rings is 1. The number of fused-ring (bicyclic) bond motifs is 3. The van der Waals surface area contributed by atoms with Crippen LogP contribution in [-0.2, 0) is 15.8 Å². The van der Waals surface area contributed by atoms with Gasteiger partial charge in [0.05, 0.1) is 4.90 Å². The van der Waals surface area contributed by atoms with Crippen LogP contribution >= 0.6 is 11.3 Å². The zero-order valence-electron chi connectivity index (χ0n) is 14.2. The van der Waals surface area contributed by atoms with Gasteiger partial charge in [-0.1, -0.05) is 19.9 Å². The van der Waals surface area contributed by atoms with E-state index in [2.05, 4.69) is 16.1 Å². The minimum absolute atomic E-state index is 0.160. The molecule has 0 amide bonds. The summed E-state index contributed by atoms with van der Waals surface area (Å²) in [7, 11) is 0.302. The van der Waals surface area contributed by atoms with Gasteiger partial charge in [0, 0.05) is 32.9 Å². The number of carboxylic acids is 1. The number of carbonyl (C=O) groups is 1. The third-order valence-electron chi connectivity index (χ3n) is 4.11. The van der Waals surface area contributed by atoms with Crippen molar-refractivity contribution in [1.82, 2.24) is 4.72 Å². The Hall–Kier alpha value is -1.96. The summed E-state index contributed by atoms with van der Waals surface area (Å²) in [6.45, 7) is 3.58. The standard InChI is InChI=1S/C18H20N2O3S2/c1-10(2)17(18(21)22)20-25(23)12-5-7-15-14(9-12)13-6-4-11(19-3)8-16(13)24-15/h4-10,17,19-20H,1-3H3,(H,21,22). The summed E-state index contributed by atoms with van der Waals surface area (Å²) < 4.78 is 17.6. The molecule has 0 aliphatic carbocycles. The first-order chi connectivity index (χ1) is 11.9. The summed E-state index contributed by atoms with van der Waals surface area (Å²) in [5.41, 5.74) is 1.05. The average molecular weight is 377 g/mol. The van der Waals surface area contributed by atoms with Gasteiger partial charge in [0.1, 0.15) is 17.0 Å². The number of aliphatic carboxylic acids is 1. The molecule has 7 heteroatoms. The number of nitrogens with one attached hydrogen (secondary N) is 2. The van der Waals surface area contributed by atoms with Gasteiger partial charge in [0.2, 0.25) is 0 Å². The molecule has 0 aliphatic rings. The van der Waals surface area contributed by atoms with Crippen molar-refractivity contribution in [1.29, 1.82) is 0 Å². The molecule has 2 aromatic carbocycles. The van der Waals surface area contributed by atoms with E-state index in [4.69, 9.17) is 0 Å². The molecule has 0 bridgehead atoms. The van der Waals surface area contributed by atoms with Crippen molar-refractivity contribution in [3.05, 3.63) is 36.4 Å². The van der Waals surface area contributed by atoms with Crippen LogP contribution in [0, 0.1) is 5.92 Å². The Kier molecular flexibility index (Phi) is 5.08. The highest BCUT2D eigenvalue weighted by Gasteiger charge is 2.24. The molecule has 0 spiro atoms. The molecule has 5 nitrogen and oxygen atoms in total. The lowest BCUT2D eigenvalue weighted by molar-refractivity contribution is -0.140. The fourth-order valence-corrected chi connectivity index (χ4v) is 4.96. The molecule has 0 radical (unpaired) electrons. The van der Waals surface area contributed by atoms with Gasteiger partial charge in [-0.3, -0.25) is 4.79 Å². The van der Waals surface area contributed by atoms with Crippen LogP contribution in [0.1, 0.15) is 13.8 Å². The molecule has 0 saturated carbocycles. The van der Waals surface area contributed by atoms with Crippen molar-refractivity contribution in [3.63, 3.8) is 0 Å². The lowest BCUT2D eigenvalue weighted by atomic mass is 10.1. The van der Waals surface area contributed by atoms with E-state index in [1.54, 1.807) is 31.3 Å². The van der Waals surface area contributed by atoms with E-state index in [9.17, 15) is 14.1 Å².